The molecular formula is C27H26N2O5. The Morgan fingerprint density at radius 1 is 0.765 bits per heavy atom. The smallest absolute Gasteiger partial charge is 0.282 e. The van der Waals surface area contributed by atoms with Crippen LogP contribution >= 0.6 is 0 Å². The fourth-order valence-electron chi connectivity index (χ4n) is 3.83. The zero-order valence-electron chi connectivity index (χ0n) is 19.5. The molecule has 1 heterocycles. The molecule has 0 atom stereocenters. The van der Waals surface area contributed by atoms with Crippen LogP contribution in [0.15, 0.2) is 72.4 Å². The van der Waals surface area contributed by atoms with Crippen molar-refractivity contribution in [2.75, 3.05) is 31.5 Å². The van der Waals surface area contributed by atoms with Gasteiger partial charge >= 0.3 is 0 Å². The molecule has 2 amide bonds. The summed E-state index contributed by atoms with van der Waals surface area (Å²) >= 11 is 0. The maximum absolute atomic E-state index is 13.6. The monoisotopic (exact) mass is 458 g/mol. The molecule has 0 saturated heterocycles. The number of rotatable bonds is 8. The van der Waals surface area contributed by atoms with E-state index < -0.39 is 11.8 Å². The standard InChI is InChI=1S/C27H26N2O5/c1-5-17-6-10-19(11-7-17)29-26(30)24(18-8-12-20(32-2)13-9-18)25(27(29)31)28-22-16-21(33-3)14-15-23(22)34-4/h6-16,28H,5H2,1-4H3. The second-order valence-corrected chi connectivity index (χ2v) is 7.64. The average molecular weight is 459 g/mol. The van der Waals surface area contributed by atoms with E-state index in [-0.39, 0.29) is 11.3 Å². The van der Waals surface area contributed by atoms with Crippen LogP contribution in [0.2, 0.25) is 0 Å². The molecule has 7 heteroatoms. The molecule has 3 aromatic carbocycles. The van der Waals surface area contributed by atoms with Crippen LogP contribution in [0.3, 0.4) is 0 Å². The van der Waals surface area contributed by atoms with Crippen LogP contribution in [-0.2, 0) is 16.0 Å². The number of ether oxygens (including phenoxy) is 3. The maximum atomic E-state index is 13.6. The lowest BCUT2D eigenvalue weighted by molar-refractivity contribution is -0.120. The predicted octanol–water partition coefficient (Wildman–Crippen LogP) is 4.67. The van der Waals surface area contributed by atoms with E-state index in [1.165, 1.54) is 12.0 Å². The molecule has 0 saturated carbocycles. The number of hydrogen-bond donors (Lipinski definition) is 1. The van der Waals surface area contributed by atoms with Crippen LogP contribution in [0.25, 0.3) is 5.57 Å². The SMILES string of the molecule is CCc1ccc(N2C(=O)C(Nc3cc(OC)ccc3OC)=C(c3ccc(OC)cc3)C2=O)cc1. The third-order valence-electron chi connectivity index (χ3n) is 5.73. The lowest BCUT2D eigenvalue weighted by Crippen LogP contribution is -2.32. The Kier molecular flexibility index (Phi) is 6.54. The lowest BCUT2D eigenvalue weighted by atomic mass is 10.0. The molecule has 0 fully saturated rings. The molecule has 1 aliphatic heterocycles. The molecular weight excluding hydrogens is 432 g/mol. The van der Waals surface area contributed by atoms with Crippen molar-refractivity contribution >= 4 is 28.8 Å². The van der Waals surface area contributed by atoms with Crippen LogP contribution < -0.4 is 24.4 Å². The molecule has 0 unspecified atom stereocenters. The minimum absolute atomic E-state index is 0.154. The summed E-state index contributed by atoms with van der Waals surface area (Å²) in [6, 6.07) is 19.6. The van der Waals surface area contributed by atoms with E-state index in [2.05, 4.69) is 5.32 Å². The number of nitrogens with zero attached hydrogens (tertiary/aromatic N) is 1. The van der Waals surface area contributed by atoms with Gasteiger partial charge in [-0.25, -0.2) is 4.90 Å². The predicted molar refractivity (Wildman–Crippen MR) is 131 cm³/mol. The minimum Gasteiger partial charge on any atom is -0.497 e. The van der Waals surface area contributed by atoms with Gasteiger partial charge in [-0.2, -0.15) is 0 Å². The summed E-state index contributed by atoms with van der Waals surface area (Å²) in [6.07, 6.45) is 0.861. The summed E-state index contributed by atoms with van der Waals surface area (Å²) in [5.41, 5.74) is 3.14. The maximum Gasteiger partial charge on any atom is 0.282 e. The largest absolute Gasteiger partial charge is 0.497 e. The second kappa shape index (κ2) is 9.70. The normalized spacial score (nSPS) is 13.4. The summed E-state index contributed by atoms with van der Waals surface area (Å²) in [6.45, 7) is 2.05. The van der Waals surface area contributed by atoms with Gasteiger partial charge in [0.05, 0.1) is 38.3 Å². The highest BCUT2D eigenvalue weighted by molar-refractivity contribution is 6.46. The number of amides is 2. The third-order valence-corrected chi connectivity index (χ3v) is 5.73. The van der Waals surface area contributed by atoms with Gasteiger partial charge in [0.25, 0.3) is 11.8 Å². The van der Waals surface area contributed by atoms with Gasteiger partial charge in [0.2, 0.25) is 0 Å². The van der Waals surface area contributed by atoms with Crippen LogP contribution in [0.4, 0.5) is 11.4 Å². The Morgan fingerprint density at radius 3 is 2.00 bits per heavy atom. The molecule has 4 rings (SSSR count). The fourth-order valence-corrected chi connectivity index (χ4v) is 3.83. The Hall–Kier alpha value is -4.26. The van der Waals surface area contributed by atoms with Crippen molar-refractivity contribution in [1.29, 1.82) is 0 Å². The van der Waals surface area contributed by atoms with Crippen molar-refractivity contribution in [3.8, 4) is 17.2 Å². The molecule has 1 N–H and O–H groups in total. The average Bonchev–Trinajstić information content (AvgIpc) is 3.12. The van der Waals surface area contributed by atoms with Crippen LogP contribution in [-0.4, -0.2) is 33.1 Å². The number of aryl methyl sites for hydroxylation is 1. The van der Waals surface area contributed by atoms with Crippen LogP contribution in [0.5, 0.6) is 17.2 Å². The Bertz CT molecular complexity index is 1250. The number of imide groups is 1. The fraction of sp³-hybridized carbons (Fsp3) is 0.185. The van der Waals surface area contributed by atoms with Crippen molar-refractivity contribution in [2.24, 2.45) is 0 Å². The zero-order valence-corrected chi connectivity index (χ0v) is 19.5. The topological polar surface area (TPSA) is 77.1 Å². The molecule has 0 aliphatic carbocycles. The highest BCUT2D eigenvalue weighted by Crippen LogP contribution is 2.37. The molecule has 174 valence electrons. The van der Waals surface area contributed by atoms with E-state index in [1.807, 2.05) is 19.1 Å². The number of carbonyl (C=O) groups is 2. The van der Waals surface area contributed by atoms with Gasteiger partial charge in [-0.1, -0.05) is 31.2 Å². The molecule has 34 heavy (non-hydrogen) atoms. The molecule has 3 aromatic rings. The molecule has 0 bridgehead atoms. The van der Waals surface area contributed by atoms with Crippen molar-refractivity contribution in [2.45, 2.75) is 13.3 Å². The first kappa shape index (κ1) is 22.9. The summed E-state index contributed by atoms with van der Waals surface area (Å²) < 4.78 is 16.0. The number of hydrogen-bond acceptors (Lipinski definition) is 6. The van der Waals surface area contributed by atoms with Gasteiger partial charge in [-0.15, -0.1) is 0 Å². The number of benzene rings is 3. The number of nitrogens with one attached hydrogen (secondary N) is 1. The number of carbonyl (C=O) groups excluding carboxylic acids is 2. The summed E-state index contributed by atoms with van der Waals surface area (Å²) in [4.78, 5) is 28.4. The van der Waals surface area contributed by atoms with Gasteiger partial charge in [-0.3, -0.25) is 9.59 Å². The first-order valence-corrected chi connectivity index (χ1v) is 10.9. The first-order valence-electron chi connectivity index (χ1n) is 10.9. The van der Waals surface area contributed by atoms with E-state index in [0.29, 0.717) is 34.2 Å². The van der Waals surface area contributed by atoms with Crippen molar-refractivity contribution in [3.63, 3.8) is 0 Å². The van der Waals surface area contributed by atoms with Gasteiger partial charge in [0.1, 0.15) is 22.9 Å². The van der Waals surface area contributed by atoms with E-state index in [9.17, 15) is 9.59 Å². The van der Waals surface area contributed by atoms with Crippen LogP contribution in [0.1, 0.15) is 18.1 Å². The summed E-state index contributed by atoms with van der Waals surface area (Å²) in [5.74, 6) is 0.873. The summed E-state index contributed by atoms with van der Waals surface area (Å²) in [5, 5.41) is 3.15. The second-order valence-electron chi connectivity index (χ2n) is 7.64. The van der Waals surface area contributed by atoms with E-state index in [4.69, 9.17) is 14.2 Å². The van der Waals surface area contributed by atoms with Gasteiger partial charge < -0.3 is 19.5 Å². The highest BCUT2D eigenvalue weighted by Gasteiger charge is 2.40. The minimum atomic E-state index is -0.454. The highest BCUT2D eigenvalue weighted by atomic mass is 16.5. The van der Waals surface area contributed by atoms with Crippen molar-refractivity contribution in [1.82, 2.24) is 0 Å². The summed E-state index contributed by atoms with van der Waals surface area (Å²) in [7, 11) is 4.66. The van der Waals surface area contributed by atoms with Gasteiger partial charge in [0, 0.05) is 6.07 Å². The van der Waals surface area contributed by atoms with Gasteiger partial charge in [-0.05, 0) is 53.9 Å². The van der Waals surface area contributed by atoms with Crippen LogP contribution in [0, 0.1) is 0 Å². The molecule has 0 aromatic heterocycles. The first-order chi connectivity index (χ1) is 16.5. The zero-order chi connectivity index (χ0) is 24.2. The van der Waals surface area contributed by atoms with Crippen molar-refractivity contribution in [3.05, 3.63) is 83.6 Å². The Morgan fingerprint density at radius 2 is 1.41 bits per heavy atom. The molecule has 0 spiro atoms. The Labute approximate surface area is 198 Å². The van der Waals surface area contributed by atoms with E-state index in [1.54, 1.807) is 68.8 Å². The van der Waals surface area contributed by atoms with E-state index >= 15 is 0 Å². The van der Waals surface area contributed by atoms with Gasteiger partial charge in [0.15, 0.2) is 0 Å². The van der Waals surface area contributed by atoms with Crippen molar-refractivity contribution < 1.29 is 23.8 Å². The molecule has 0 radical (unpaired) electrons. The quantitative estimate of drug-likeness (QED) is 0.495. The van der Waals surface area contributed by atoms with E-state index in [0.717, 1.165) is 12.0 Å². The Balaban J connectivity index is 1.82. The number of methoxy groups -OCH3 is 3. The third kappa shape index (κ3) is 4.20. The molecule has 7 nitrogen and oxygen atoms in total. The lowest BCUT2D eigenvalue weighted by Gasteiger charge is -2.16. The molecule has 1 aliphatic rings. The number of anilines is 2.